The maximum atomic E-state index is 13.2. The van der Waals surface area contributed by atoms with Crippen molar-refractivity contribution < 1.29 is 35.9 Å². The van der Waals surface area contributed by atoms with Gasteiger partial charge in [-0.25, -0.2) is 18.0 Å². The van der Waals surface area contributed by atoms with Crippen LogP contribution in [0.4, 0.5) is 26.3 Å². The molecular weight excluding hydrogens is 266 g/mol. The van der Waals surface area contributed by atoms with Crippen molar-refractivity contribution in [2.45, 2.75) is 6.11 Å². The fraction of sp³-hybridized carbons (Fsp3) is 0.100. The summed E-state index contributed by atoms with van der Waals surface area (Å²) in [7, 11) is 0. The van der Waals surface area contributed by atoms with Crippen molar-refractivity contribution >= 4 is 5.97 Å². The van der Waals surface area contributed by atoms with E-state index in [0.29, 0.717) is 0 Å². The van der Waals surface area contributed by atoms with Crippen LogP contribution >= 0.6 is 0 Å². The number of hydrogen-bond donors (Lipinski definition) is 0. The van der Waals surface area contributed by atoms with Gasteiger partial charge in [0.25, 0.3) is 0 Å². The van der Waals surface area contributed by atoms with Crippen molar-refractivity contribution in [3.05, 3.63) is 47.6 Å². The topological polar surface area (TPSA) is 26.3 Å². The van der Waals surface area contributed by atoms with Crippen molar-refractivity contribution in [2.24, 2.45) is 0 Å². The first-order chi connectivity index (χ1) is 8.16. The van der Waals surface area contributed by atoms with Crippen LogP contribution < -0.4 is 0 Å². The number of benzene rings is 1. The monoisotopic (exact) mass is 270 g/mol. The van der Waals surface area contributed by atoms with Gasteiger partial charge in [-0.15, -0.1) is 0 Å². The lowest BCUT2D eigenvalue weighted by atomic mass is 10.2. The van der Waals surface area contributed by atoms with Crippen LogP contribution in [0.25, 0.3) is 0 Å². The minimum Gasteiger partial charge on any atom is -0.391 e. The van der Waals surface area contributed by atoms with Crippen LogP contribution in [0.15, 0.2) is 24.5 Å². The van der Waals surface area contributed by atoms with Crippen molar-refractivity contribution in [1.82, 2.24) is 0 Å². The zero-order chi connectivity index (χ0) is 14.1. The molecule has 0 aliphatic carbocycles. The Labute approximate surface area is 96.5 Å². The molecule has 0 aliphatic rings. The van der Waals surface area contributed by atoms with Gasteiger partial charge in [0.2, 0.25) is 5.83 Å². The fourth-order valence-electron chi connectivity index (χ4n) is 0.977. The number of rotatable bonds is 3. The molecule has 0 N–H and O–H groups in total. The fourth-order valence-corrected chi connectivity index (χ4v) is 0.977. The van der Waals surface area contributed by atoms with E-state index in [1.807, 2.05) is 0 Å². The van der Waals surface area contributed by atoms with Gasteiger partial charge in [0.15, 0.2) is 17.5 Å². The summed E-state index contributed by atoms with van der Waals surface area (Å²) in [6, 6.07) is 0.377. The molecule has 2 nitrogen and oxygen atoms in total. The predicted molar refractivity (Wildman–Crippen MR) is 46.5 cm³/mol. The number of ether oxygens (including phenoxy) is 1. The van der Waals surface area contributed by atoms with Gasteiger partial charge in [0.05, 0.1) is 0 Å². The van der Waals surface area contributed by atoms with Crippen LogP contribution in [0.2, 0.25) is 0 Å². The lowest BCUT2D eigenvalue weighted by Gasteiger charge is -2.16. The van der Waals surface area contributed by atoms with Gasteiger partial charge in [0.1, 0.15) is 5.56 Å². The summed E-state index contributed by atoms with van der Waals surface area (Å²) >= 11 is 0. The Balaban J connectivity index is 3.17. The third-order valence-electron chi connectivity index (χ3n) is 1.79. The van der Waals surface area contributed by atoms with E-state index in [-0.39, 0.29) is 12.1 Å². The second-order valence-corrected chi connectivity index (χ2v) is 3.03. The summed E-state index contributed by atoms with van der Waals surface area (Å²) in [5.74, 6) is -10.1. The molecule has 8 heteroatoms. The smallest absolute Gasteiger partial charge is 0.391 e. The molecule has 18 heavy (non-hydrogen) atoms. The minimum absolute atomic E-state index is 0.169. The molecule has 0 saturated heterocycles. The Kier molecular flexibility index (Phi) is 3.68. The van der Waals surface area contributed by atoms with E-state index < -0.39 is 40.9 Å². The molecule has 0 atom stereocenters. The summed E-state index contributed by atoms with van der Waals surface area (Å²) in [6.07, 6.45) is -4.66. The van der Waals surface area contributed by atoms with E-state index in [1.54, 1.807) is 0 Å². The highest BCUT2D eigenvalue weighted by Gasteiger charge is 2.41. The van der Waals surface area contributed by atoms with Crippen LogP contribution in [0.1, 0.15) is 5.56 Å². The van der Waals surface area contributed by atoms with Crippen molar-refractivity contribution in [3.63, 3.8) is 0 Å². The molecule has 0 bridgehead atoms. The van der Waals surface area contributed by atoms with E-state index >= 15 is 0 Å². The van der Waals surface area contributed by atoms with Gasteiger partial charge in [-0.2, -0.15) is 13.2 Å². The van der Waals surface area contributed by atoms with E-state index in [0.717, 1.165) is 0 Å². The molecule has 0 aliphatic heterocycles. The van der Waals surface area contributed by atoms with E-state index in [4.69, 9.17) is 0 Å². The SMILES string of the molecule is C=C(F)C(=O)OC(F)(F)c1ccc(F)c(F)c1F. The molecule has 0 amide bonds. The maximum Gasteiger partial charge on any atom is 0.431 e. The van der Waals surface area contributed by atoms with Crippen LogP contribution in [0.3, 0.4) is 0 Å². The molecule has 0 aromatic heterocycles. The van der Waals surface area contributed by atoms with Gasteiger partial charge in [0, 0.05) is 0 Å². The Morgan fingerprint density at radius 1 is 1.17 bits per heavy atom. The Bertz CT molecular complexity index is 511. The van der Waals surface area contributed by atoms with Gasteiger partial charge >= 0.3 is 12.1 Å². The van der Waals surface area contributed by atoms with Gasteiger partial charge in [-0.05, 0) is 12.1 Å². The molecule has 0 radical (unpaired) electrons. The predicted octanol–water partition coefficient (Wildman–Crippen LogP) is 3.18. The van der Waals surface area contributed by atoms with Crippen molar-refractivity contribution in [3.8, 4) is 0 Å². The standard InChI is InChI=1S/C10H4F6O2/c1-4(11)9(17)18-10(15,16)5-2-3-6(12)8(14)7(5)13/h2-3H,1H2. The number of esters is 1. The Hall–Kier alpha value is -1.99. The van der Waals surface area contributed by atoms with Crippen molar-refractivity contribution in [1.29, 1.82) is 0 Å². The summed E-state index contributed by atoms with van der Waals surface area (Å²) in [5, 5.41) is 0. The van der Waals surface area contributed by atoms with Crippen LogP contribution in [0.5, 0.6) is 0 Å². The molecule has 1 aromatic carbocycles. The van der Waals surface area contributed by atoms with Gasteiger partial charge < -0.3 is 4.74 Å². The number of carbonyl (C=O) groups excluding carboxylic acids is 1. The number of carbonyl (C=O) groups is 1. The van der Waals surface area contributed by atoms with E-state index in [9.17, 15) is 31.1 Å². The van der Waals surface area contributed by atoms with Gasteiger partial charge in [-0.3, -0.25) is 0 Å². The quantitative estimate of drug-likeness (QED) is 0.365. The van der Waals surface area contributed by atoms with Crippen LogP contribution in [-0.4, -0.2) is 5.97 Å². The largest absolute Gasteiger partial charge is 0.431 e. The third-order valence-corrected chi connectivity index (χ3v) is 1.79. The Morgan fingerprint density at radius 3 is 2.22 bits per heavy atom. The summed E-state index contributed by atoms with van der Waals surface area (Å²) in [5.41, 5.74) is -1.74. The highest BCUT2D eigenvalue weighted by Crippen LogP contribution is 2.33. The number of hydrogen-bond acceptors (Lipinski definition) is 2. The molecular formula is C10H4F6O2. The summed E-state index contributed by atoms with van der Waals surface area (Å²) < 4.78 is 80.0. The zero-order valence-electron chi connectivity index (χ0n) is 8.45. The molecule has 0 spiro atoms. The zero-order valence-corrected chi connectivity index (χ0v) is 8.45. The maximum absolute atomic E-state index is 13.2. The number of alkyl halides is 2. The molecule has 0 heterocycles. The van der Waals surface area contributed by atoms with Crippen LogP contribution in [0, 0.1) is 17.5 Å². The minimum atomic E-state index is -4.66. The first-order valence-electron chi connectivity index (χ1n) is 4.26. The van der Waals surface area contributed by atoms with Crippen LogP contribution in [-0.2, 0) is 15.6 Å². The number of halogens is 6. The summed E-state index contributed by atoms with van der Waals surface area (Å²) in [4.78, 5) is 10.5. The lowest BCUT2D eigenvalue weighted by Crippen LogP contribution is -2.24. The molecule has 98 valence electrons. The lowest BCUT2D eigenvalue weighted by molar-refractivity contribution is -0.239. The highest BCUT2D eigenvalue weighted by molar-refractivity contribution is 5.85. The summed E-state index contributed by atoms with van der Waals surface area (Å²) in [6.45, 7) is 2.38. The van der Waals surface area contributed by atoms with E-state index in [2.05, 4.69) is 11.3 Å². The molecule has 0 unspecified atom stereocenters. The van der Waals surface area contributed by atoms with Crippen molar-refractivity contribution in [2.75, 3.05) is 0 Å². The van der Waals surface area contributed by atoms with Gasteiger partial charge in [-0.1, -0.05) is 6.58 Å². The average molecular weight is 270 g/mol. The second kappa shape index (κ2) is 4.71. The normalized spacial score (nSPS) is 11.2. The first-order valence-corrected chi connectivity index (χ1v) is 4.26. The third kappa shape index (κ3) is 2.63. The second-order valence-electron chi connectivity index (χ2n) is 3.03. The Morgan fingerprint density at radius 2 is 1.72 bits per heavy atom. The average Bonchev–Trinajstić information content (AvgIpc) is 2.24. The molecule has 0 saturated carbocycles. The first kappa shape index (κ1) is 14.1. The molecule has 0 fully saturated rings. The van der Waals surface area contributed by atoms with E-state index in [1.165, 1.54) is 0 Å². The molecule has 1 rings (SSSR count). The highest BCUT2D eigenvalue weighted by atomic mass is 19.3. The molecule has 1 aromatic rings.